The van der Waals surface area contributed by atoms with Crippen molar-refractivity contribution in [2.45, 2.75) is 58.0 Å². The third-order valence-electron chi connectivity index (χ3n) is 3.52. The van der Waals surface area contributed by atoms with E-state index in [9.17, 15) is 4.79 Å². The van der Waals surface area contributed by atoms with Crippen LogP contribution in [0.25, 0.3) is 0 Å². The number of thiophene rings is 1. The fourth-order valence-electron chi connectivity index (χ4n) is 2.54. The summed E-state index contributed by atoms with van der Waals surface area (Å²) in [5.74, 6) is 0.189. The predicted molar refractivity (Wildman–Crippen MR) is 80.5 cm³/mol. The fourth-order valence-corrected chi connectivity index (χ4v) is 3.53. The Kier molecular flexibility index (Phi) is 5.40. The first-order valence-electron chi connectivity index (χ1n) is 7.26. The average molecular weight is 280 g/mol. The van der Waals surface area contributed by atoms with Gasteiger partial charge in [0.1, 0.15) is 0 Å². The van der Waals surface area contributed by atoms with Gasteiger partial charge in [-0.25, -0.2) is 0 Å². The van der Waals surface area contributed by atoms with E-state index >= 15 is 0 Å². The molecule has 19 heavy (non-hydrogen) atoms. The SMILES string of the molecule is CC(C)NCCCC(=O)NC1CCCc2sccc21. The summed E-state index contributed by atoms with van der Waals surface area (Å²) in [6.07, 6.45) is 4.98. The van der Waals surface area contributed by atoms with Gasteiger partial charge in [0.15, 0.2) is 0 Å². The van der Waals surface area contributed by atoms with Crippen LogP contribution in [0.3, 0.4) is 0 Å². The molecule has 2 N–H and O–H groups in total. The van der Waals surface area contributed by atoms with Crippen molar-refractivity contribution in [3.63, 3.8) is 0 Å². The van der Waals surface area contributed by atoms with Gasteiger partial charge in [-0.05, 0) is 49.2 Å². The molecule has 1 aromatic rings. The summed E-state index contributed by atoms with van der Waals surface area (Å²) < 4.78 is 0. The van der Waals surface area contributed by atoms with Crippen molar-refractivity contribution in [2.24, 2.45) is 0 Å². The molecule has 1 aromatic heterocycles. The zero-order chi connectivity index (χ0) is 13.7. The lowest BCUT2D eigenvalue weighted by Gasteiger charge is -2.23. The molecule has 0 saturated heterocycles. The van der Waals surface area contributed by atoms with Crippen molar-refractivity contribution in [3.05, 3.63) is 21.9 Å². The van der Waals surface area contributed by atoms with Crippen molar-refractivity contribution in [3.8, 4) is 0 Å². The lowest BCUT2D eigenvalue weighted by molar-refractivity contribution is -0.122. The molecular weight excluding hydrogens is 256 g/mol. The number of amides is 1. The Labute approximate surface area is 119 Å². The number of carbonyl (C=O) groups is 1. The Balaban J connectivity index is 1.75. The van der Waals surface area contributed by atoms with E-state index in [1.807, 2.05) is 11.3 Å². The van der Waals surface area contributed by atoms with Crippen LogP contribution in [0.4, 0.5) is 0 Å². The summed E-state index contributed by atoms with van der Waals surface area (Å²) in [5.41, 5.74) is 1.35. The number of carbonyl (C=O) groups excluding carboxylic acids is 1. The van der Waals surface area contributed by atoms with E-state index < -0.39 is 0 Å². The molecular formula is C15H24N2OS. The largest absolute Gasteiger partial charge is 0.349 e. The van der Waals surface area contributed by atoms with Crippen LogP contribution in [0.15, 0.2) is 11.4 Å². The van der Waals surface area contributed by atoms with Crippen molar-refractivity contribution in [2.75, 3.05) is 6.54 Å². The molecule has 1 aliphatic rings. The topological polar surface area (TPSA) is 41.1 Å². The second-order valence-corrected chi connectivity index (χ2v) is 6.52. The molecule has 0 spiro atoms. The molecule has 0 aromatic carbocycles. The second kappa shape index (κ2) is 7.06. The maximum Gasteiger partial charge on any atom is 0.220 e. The summed E-state index contributed by atoms with van der Waals surface area (Å²) in [6, 6.07) is 2.92. The van der Waals surface area contributed by atoms with Crippen LogP contribution in [-0.4, -0.2) is 18.5 Å². The molecule has 2 rings (SSSR count). The normalized spacial score (nSPS) is 18.4. The molecule has 4 heteroatoms. The van der Waals surface area contributed by atoms with E-state index in [0.717, 1.165) is 19.4 Å². The van der Waals surface area contributed by atoms with E-state index in [0.29, 0.717) is 12.5 Å². The average Bonchev–Trinajstić information content (AvgIpc) is 2.84. The van der Waals surface area contributed by atoms with Gasteiger partial charge in [-0.3, -0.25) is 4.79 Å². The maximum atomic E-state index is 12.0. The Hall–Kier alpha value is -0.870. The molecule has 1 unspecified atom stereocenters. The minimum absolute atomic E-state index is 0.189. The minimum atomic E-state index is 0.189. The third kappa shape index (κ3) is 4.32. The van der Waals surface area contributed by atoms with Gasteiger partial charge in [-0.1, -0.05) is 13.8 Å². The zero-order valence-electron chi connectivity index (χ0n) is 11.9. The molecule has 1 heterocycles. The van der Waals surface area contributed by atoms with Gasteiger partial charge in [-0.2, -0.15) is 0 Å². The Bertz CT molecular complexity index is 414. The van der Waals surface area contributed by atoms with Crippen LogP contribution in [0, 0.1) is 0 Å². The second-order valence-electron chi connectivity index (χ2n) is 5.52. The van der Waals surface area contributed by atoms with Gasteiger partial charge in [0.05, 0.1) is 6.04 Å². The van der Waals surface area contributed by atoms with Crippen LogP contribution >= 0.6 is 11.3 Å². The van der Waals surface area contributed by atoms with Crippen molar-refractivity contribution >= 4 is 17.2 Å². The summed E-state index contributed by atoms with van der Waals surface area (Å²) in [4.78, 5) is 13.4. The van der Waals surface area contributed by atoms with E-state index in [1.165, 1.54) is 23.3 Å². The highest BCUT2D eigenvalue weighted by Gasteiger charge is 2.22. The molecule has 0 saturated carbocycles. The van der Waals surface area contributed by atoms with Gasteiger partial charge in [0.2, 0.25) is 5.91 Å². The van der Waals surface area contributed by atoms with Crippen molar-refractivity contribution in [1.29, 1.82) is 0 Å². The number of aryl methyl sites for hydroxylation is 1. The smallest absolute Gasteiger partial charge is 0.220 e. The van der Waals surface area contributed by atoms with Crippen LogP contribution in [0.1, 0.15) is 56.0 Å². The highest BCUT2D eigenvalue weighted by Crippen LogP contribution is 2.33. The lowest BCUT2D eigenvalue weighted by Crippen LogP contribution is -2.31. The third-order valence-corrected chi connectivity index (χ3v) is 4.52. The first-order chi connectivity index (χ1) is 9.16. The van der Waals surface area contributed by atoms with Gasteiger partial charge >= 0.3 is 0 Å². The number of hydrogen-bond acceptors (Lipinski definition) is 3. The quantitative estimate of drug-likeness (QED) is 0.786. The van der Waals surface area contributed by atoms with E-state index in [-0.39, 0.29) is 11.9 Å². The fraction of sp³-hybridized carbons (Fsp3) is 0.667. The van der Waals surface area contributed by atoms with Crippen molar-refractivity contribution in [1.82, 2.24) is 10.6 Å². The first kappa shape index (κ1) is 14.5. The number of hydrogen-bond donors (Lipinski definition) is 2. The van der Waals surface area contributed by atoms with Crippen molar-refractivity contribution < 1.29 is 4.79 Å². The number of fused-ring (bicyclic) bond motifs is 1. The summed E-state index contributed by atoms with van der Waals surface area (Å²) in [5, 5.41) is 8.67. The summed E-state index contributed by atoms with van der Waals surface area (Å²) in [7, 11) is 0. The van der Waals surface area contributed by atoms with Crippen LogP contribution in [0.2, 0.25) is 0 Å². The molecule has 0 bridgehead atoms. The van der Waals surface area contributed by atoms with E-state index in [4.69, 9.17) is 0 Å². The molecule has 0 radical (unpaired) electrons. The monoisotopic (exact) mass is 280 g/mol. The molecule has 1 aliphatic carbocycles. The maximum absolute atomic E-state index is 12.0. The van der Waals surface area contributed by atoms with Crippen LogP contribution in [-0.2, 0) is 11.2 Å². The van der Waals surface area contributed by atoms with Gasteiger partial charge in [0, 0.05) is 17.3 Å². The van der Waals surface area contributed by atoms with Gasteiger partial charge in [0.25, 0.3) is 0 Å². The highest BCUT2D eigenvalue weighted by atomic mass is 32.1. The van der Waals surface area contributed by atoms with Crippen LogP contribution in [0.5, 0.6) is 0 Å². The molecule has 1 atom stereocenters. The van der Waals surface area contributed by atoms with Gasteiger partial charge in [-0.15, -0.1) is 11.3 Å². The van der Waals surface area contributed by atoms with Gasteiger partial charge < -0.3 is 10.6 Å². The standard InChI is InChI=1S/C15H24N2OS/c1-11(2)16-9-4-7-15(18)17-13-5-3-6-14-12(13)8-10-19-14/h8,10-11,13,16H,3-7,9H2,1-2H3,(H,17,18). The molecule has 1 amide bonds. The summed E-state index contributed by atoms with van der Waals surface area (Å²) >= 11 is 1.82. The van der Waals surface area contributed by atoms with E-state index in [1.54, 1.807) is 0 Å². The molecule has 0 fully saturated rings. The Morgan fingerprint density at radius 1 is 1.53 bits per heavy atom. The number of rotatable bonds is 6. The lowest BCUT2D eigenvalue weighted by atomic mass is 9.94. The minimum Gasteiger partial charge on any atom is -0.349 e. The Morgan fingerprint density at radius 2 is 2.37 bits per heavy atom. The summed E-state index contributed by atoms with van der Waals surface area (Å²) in [6.45, 7) is 5.17. The molecule has 0 aliphatic heterocycles. The first-order valence-corrected chi connectivity index (χ1v) is 8.14. The molecule has 3 nitrogen and oxygen atoms in total. The van der Waals surface area contributed by atoms with Crippen LogP contribution < -0.4 is 10.6 Å². The van der Waals surface area contributed by atoms with E-state index in [2.05, 4.69) is 35.9 Å². The molecule has 106 valence electrons. The Morgan fingerprint density at radius 3 is 3.16 bits per heavy atom. The highest BCUT2D eigenvalue weighted by molar-refractivity contribution is 7.10. The number of nitrogens with one attached hydrogen (secondary N) is 2. The predicted octanol–water partition coefficient (Wildman–Crippen LogP) is 3.02. The zero-order valence-corrected chi connectivity index (χ0v) is 12.7.